The fourth-order valence-corrected chi connectivity index (χ4v) is 3.33. The molecule has 0 atom stereocenters. The maximum absolute atomic E-state index is 13.6. The summed E-state index contributed by atoms with van der Waals surface area (Å²) in [6, 6.07) is 9.85. The molecule has 0 unspecified atom stereocenters. The number of hydrogen-bond acceptors (Lipinski definition) is 3. The number of anilines is 1. The molecule has 0 fully saturated rings. The van der Waals surface area contributed by atoms with Crippen molar-refractivity contribution >= 4 is 15.7 Å². The second kappa shape index (κ2) is 5.83. The largest absolute Gasteiger partial charge is 0.399 e. The maximum atomic E-state index is 13.6. The van der Waals surface area contributed by atoms with Crippen LogP contribution < -0.4 is 10.5 Å². The van der Waals surface area contributed by atoms with Crippen LogP contribution in [0.4, 0.5) is 10.1 Å². The summed E-state index contributed by atoms with van der Waals surface area (Å²) in [7, 11) is -3.82. The van der Waals surface area contributed by atoms with Gasteiger partial charge in [-0.25, -0.2) is 17.5 Å². The SMILES string of the molecule is Cc1cccc(CNS(=O)(=O)c2cc(N)cc(F)c2C)c1. The van der Waals surface area contributed by atoms with E-state index < -0.39 is 15.8 Å². The number of sulfonamides is 1. The topological polar surface area (TPSA) is 72.2 Å². The molecule has 0 radical (unpaired) electrons. The maximum Gasteiger partial charge on any atom is 0.241 e. The Morgan fingerprint density at radius 2 is 1.90 bits per heavy atom. The number of rotatable bonds is 4. The van der Waals surface area contributed by atoms with Gasteiger partial charge >= 0.3 is 0 Å². The summed E-state index contributed by atoms with van der Waals surface area (Å²) >= 11 is 0. The molecular weight excluding hydrogens is 291 g/mol. The van der Waals surface area contributed by atoms with Crippen LogP contribution in [0.2, 0.25) is 0 Å². The third kappa shape index (κ3) is 3.59. The Morgan fingerprint density at radius 3 is 2.57 bits per heavy atom. The van der Waals surface area contributed by atoms with Crippen LogP contribution in [0.15, 0.2) is 41.3 Å². The van der Waals surface area contributed by atoms with E-state index in [2.05, 4.69) is 4.72 Å². The molecule has 0 saturated carbocycles. The standard InChI is InChI=1S/C15H17FN2O2S/c1-10-4-3-5-12(6-10)9-18-21(19,20)15-8-13(17)7-14(16)11(15)2/h3-8,18H,9,17H2,1-2H3. The van der Waals surface area contributed by atoms with Gasteiger partial charge in [0.2, 0.25) is 10.0 Å². The monoisotopic (exact) mass is 308 g/mol. The van der Waals surface area contributed by atoms with E-state index in [1.807, 2.05) is 31.2 Å². The lowest BCUT2D eigenvalue weighted by Crippen LogP contribution is -2.24. The molecule has 6 heteroatoms. The van der Waals surface area contributed by atoms with E-state index in [0.29, 0.717) is 0 Å². The zero-order valence-corrected chi connectivity index (χ0v) is 12.7. The Morgan fingerprint density at radius 1 is 1.19 bits per heavy atom. The fourth-order valence-electron chi connectivity index (χ4n) is 2.03. The van der Waals surface area contributed by atoms with Crippen LogP contribution in [-0.4, -0.2) is 8.42 Å². The molecule has 0 aliphatic carbocycles. The summed E-state index contributed by atoms with van der Waals surface area (Å²) in [4.78, 5) is -0.132. The van der Waals surface area contributed by atoms with Crippen LogP contribution in [0.3, 0.4) is 0 Å². The molecule has 0 aromatic heterocycles. The normalized spacial score (nSPS) is 11.6. The molecule has 112 valence electrons. The van der Waals surface area contributed by atoms with Crippen molar-refractivity contribution in [1.82, 2.24) is 4.72 Å². The van der Waals surface area contributed by atoms with Gasteiger partial charge in [0.1, 0.15) is 5.82 Å². The van der Waals surface area contributed by atoms with Gasteiger partial charge in [-0.2, -0.15) is 0 Å². The zero-order chi connectivity index (χ0) is 15.6. The number of hydrogen-bond donors (Lipinski definition) is 2. The van der Waals surface area contributed by atoms with Gasteiger partial charge in [0.15, 0.2) is 0 Å². The van der Waals surface area contributed by atoms with Crippen molar-refractivity contribution in [2.45, 2.75) is 25.3 Å². The average Bonchev–Trinajstić information content (AvgIpc) is 2.41. The second-order valence-corrected chi connectivity index (χ2v) is 6.67. The van der Waals surface area contributed by atoms with Gasteiger partial charge in [-0.05, 0) is 31.5 Å². The second-order valence-electron chi connectivity index (χ2n) is 4.94. The van der Waals surface area contributed by atoms with E-state index >= 15 is 0 Å². The Hall–Kier alpha value is -1.92. The smallest absolute Gasteiger partial charge is 0.241 e. The van der Waals surface area contributed by atoms with Crippen molar-refractivity contribution < 1.29 is 12.8 Å². The molecule has 0 bridgehead atoms. The van der Waals surface area contributed by atoms with E-state index in [-0.39, 0.29) is 22.7 Å². The molecular formula is C15H17FN2O2S. The van der Waals surface area contributed by atoms with Crippen molar-refractivity contribution in [1.29, 1.82) is 0 Å². The fraction of sp³-hybridized carbons (Fsp3) is 0.200. The van der Waals surface area contributed by atoms with E-state index in [4.69, 9.17) is 5.73 Å². The van der Waals surface area contributed by atoms with Crippen LogP contribution in [-0.2, 0) is 16.6 Å². The Labute approximate surface area is 123 Å². The first-order chi connectivity index (χ1) is 9.79. The van der Waals surface area contributed by atoms with Crippen LogP contribution >= 0.6 is 0 Å². The van der Waals surface area contributed by atoms with Gasteiger partial charge in [0, 0.05) is 17.8 Å². The third-order valence-electron chi connectivity index (χ3n) is 3.16. The van der Waals surface area contributed by atoms with Crippen molar-refractivity contribution in [2.75, 3.05) is 5.73 Å². The summed E-state index contributed by atoms with van der Waals surface area (Å²) in [5, 5.41) is 0. The van der Waals surface area contributed by atoms with Crippen molar-refractivity contribution in [3.63, 3.8) is 0 Å². The van der Waals surface area contributed by atoms with E-state index in [9.17, 15) is 12.8 Å². The number of nitrogen functional groups attached to an aromatic ring is 1. The summed E-state index contributed by atoms with van der Waals surface area (Å²) < 4.78 is 40.6. The molecule has 3 N–H and O–H groups in total. The molecule has 21 heavy (non-hydrogen) atoms. The number of aryl methyl sites for hydroxylation is 1. The minimum Gasteiger partial charge on any atom is -0.399 e. The quantitative estimate of drug-likeness (QED) is 0.852. The van der Waals surface area contributed by atoms with Crippen molar-refractivity contribution in [3.8, 4) is 0 Å². The Kier molecular flexibility index (Phi) is 4.29. The first kappa shape index (κ1) is 15.5. The lowest BCUT2D eigenvalue weighted by atomic mass is 10.1. The van der Waals surface area contributed by atoms with Gasteiger partial charge in [0.25, 0.3) is 0 Å². The van der Waals surface area contributed by atoms with E-state index in [0.717, 1.165) is 17.2 Å². The molecule has 0 aliphatic rings. The first-order valence-electron chi connectivity index (χ1n) is 6.40. The predicted octanol–water partition coefficient (Wildman–Crippen LogP) is 2.50. The third-order valence-corrected chi connectivity index (χ3v) is 4.68. The summed E-state index contributed by atoms with van der Waals surface area (Å²) in [5.74, 6) is -0.633. The van der Waals surface area contributed by atoms with Crippen LogP contribution in [0.1, 0.15) is 16.7 Å². The van der Waals surface area contributed by atoms with Crippen LogP contribution in [0.25, 0.3) is 0 Å². The van der Waals surface area contributed by atoms with Gasteiger partial charge in [-0.15, -0.1) is 0 Å². The number of benzene rings is 2. The molecule has 0 amide bonds. The molecule has 2 rings (SSSR count). The number of nitrogens with two attached hydrogens (primary N) is 1. The zero-order valence-electron chi connectivity index (χ0n) is 11.9. The summed E-state index contributed by atoms with van der Waals surface area (Å²) in [5.41, 5.74) is 7.53. The highest BCUT2D eigenvalue weighted by atomic mass is 32.2. The lowest BCUT2D eigenvalue weighted by molar-refractivity contribution is 0.574. The molecule has 0 aliphatic heterocycles. The lowest BCUT2D eigenvalue weighted by Gasteiger charge is -2.11. The van der Waals surface area contributed by atoms with E-state index in [1.165, 1.54) is 13.0 Å². The Balaban J connectivity index is 2.27. The minimum absolute atomic E-state index is 0.0564. The highest BCUT2D eigenvalue weighted by Gasteiger charge is 2.19. The Bertz CT molecular complexity index is 773. The van der Waals surface area contributed by atoms with Gasteiger partial charge in [-0.1, -0.05) is 29.8 Å². The predicted molar refractivity (Wildman–Crippen MR) is 80.8 cm³/mol. The summed E-state index contributed by atoms with van der Waals surface area (Å²) in [6.07, 6.45) is 0. The highest BCUT2D eigenvalue weighted by molar-refractivity contribution is 7.89. The van der Waals surface area contributed by atoms with E-state index in [1.54, 1.807) is 0 Å². The molecule has 4 nitrogen and oxygen atoms in total. The molecule has 2 aromatic carbocycles. The van der Waals surface area contributed by atoms with Crippen molar-refractivity contribution in [2.24, 2.45) is 0 Å². The van der Waals surface area contributed by atoms with Gasteiger partial charge in [-0.3, -0.25) is 0 Å². The minimum atomic E-state index is -3.82. The number of nitrogens with one attached hydrogen (secondary N) is 1. The van der Waals surface area contributed by atoms with Crippen LogP contribution in [0.5, 0.6) is 0 Å². The highest BCUT2D eigenvalue weighted by Crippen LogP contribution is 2.21. The molecule has 0 saturated heterocycles. The molecule has 2 aromatic rings. The van der Waals surface area contributed by atoms with Crippen molar-refractivity contribution in [3.05, 3.63) is 58.9 Å². The number of halogens is 1. The van der Waals surface area contributed by atoms with Crippen LogP contribution in [0, 0.1) is 19.7 Å². The molecule has 0 heterocycles. The van der Waals surface area contributed by atoms with Gasteiger partial charge in [0.05, 0.1) is 4.90 Å². The first-order valence-corrected chi connectivity index (χ1v) is 7.89. The molecule has 0 spiro atoms. The van der Waals surface area contributed by atoms with Gasteiger partial charge < -0.3 is 5.73 Å². The average molecular weight is 308 g/mol. The summed E-state index contributed by atoms with van der Waals surface area (Å²) in [6.45, 7) is 3.48.